The highest BCUT2D eigenvalue weighted by Gasteiger charge is 2.15. The quantitative estimate of drug-likeness (QED) is 0.343. The van der Waals surface area contributed by atoms with Crippen LogP contribution in [0.25, 0.3) is 0 Å². The van der Waals surface area contributed by atoms with Gasteiger partial charge in [0.2, 0.25) is 0 Å². The molecule has 1 aliphatic carbocycles. The van der Waals surface area contributed by atoms with E-state index < -0.39 is 0 Å². The number of rotatable bonds is 9. The van der Waals surface area contributed by atoms with Gasteiger partial charge in [0, 0.05) is 17.8 Å². The minimum atomic E-state index is -0.300. The lowest BCUT2D eigenvalue weighted by Crippen LogP contribution is -2.39. The molecule has 1 fully saturated rings. The average Bonchev–Trinajstić information content (AvgIpc) is 2.34. The van der Waals surface area contributed by atoms with Crippen LogP contribution in [0.1, 0.15) is 65.2 Å². The summed E-state index contributed by atoms with van der Waals surface area (Å²) in [6.07, 6.45) is 9.30. The number of aliphatic hydroxyl groups is 1. The maximum atomic E-state index is 9.91. The van der Waals surface area contributed by atoms with Crippen LogP contribution in [0.5, 0.6) is 0 Å². The van der Waals surface area contributed by atoms with Gasteiger partial charge in [0.15, 0.2) is 0 Å². The zero-order chi connectivity index (χ0) is 13.2. The molecule has 0 spiro atoms. The molecule has 0 radical (unpaired) electrons. The Hall–Kier alpha value is 0.230. The molecule has 0 aliphatic heterocycles. The van der Waals surface area contributed by atoms with Crippen molar-refractivity contribution in [3.05, 3.63) is 0 Å². The second-order valence-electron chi connectivity index (χ2n) is 5.57. The van der Waals surface area contributed by atoms with E-state index in [2.05, 4.69) is 23.9 Å². The maximum Gasteiger partial charge on any atom is 0.105 e. The zero-order valence-corrected chi connectivity index (χ0v) is 12.8. The fourth-order valence-corrected chi connectivity index (χ4v) is 2.98. The molecule has 1 aliphatic rings. The summed E-state index contributed by atoms with van der Waals surface area (Å²) in [5.41, 5.74) is 0. The van der Waals surface area contributed by atoms with Crippen LogP contribution < -0.4 is 10.0 Å². The lowest BCUT2D eigenvalue weighted by atomic mass is 9.95. The number of nitrogens with one attached hydrogen (secondary N) is 2. The van der Waals surface area contributed by atoms with E-state index in [1.807, 2.05) is 0 Å². The van der Waals surface area contributed by atoms with Crippen LogP contribution in [-0.4, -0.2) is 29.2 Å². The monoisotopic (exact) mass is 274 g/mol. The van der Waals surface area contributed by atoms with Crippen molar-refractivity contribution in [1.82, 2.24) is 10.0 Å². The van der Waals surface area contributed by atoms with Crippen molar-refractivity contribution in [2.45, 2.75) is 82.7 Å². The van der Waals surface area contributed by atoms with Crippen molar-refractivity contribution in [2.75, 3.05) is 6.54 Å². The Morgan fingerprint density at radius 2 is 1.89 bits per heavy atom. The molecule has 1 atom stereocenters. The topological polar surface area (TPSA) is 44.3 Å². The summed E-state index contributed by atoms with van der Waals surface area (Å²) in [6, 6.07) is 0.559. The minimum absolute atomic E-state index is 0.300. The lowest BCUT2D eigenvalue weighted by molar-refractivity contribution is 0.102. The number of aliphatic hydroxyl groups excluding tert-OH is 1. The Labute approximate surface area is 117 Å². The van der Waals surface area contributed by atoms with Crippen LogP contribution in [0.15, 0.2) is 0 Å². The van der Waals surface area contributed by atoms with Crippen molar-refractivity contribution >= 4 is 11.9 Å². The molecule has 0 heterocycles. The lowest BCUT2D eigenvalue weighted by Gasteiger charge is -2.25. The Balaban J connectivity index is 1.91. The normalized spacial score (nSPS) is 19.3. The van der Waals surface area contributed by atoms with E-state index in [1.54, 1.807) is 11.9 Å². The molecule has 18 heavy (non-hydrogen) atoms. The summed E-state index contributed by atoms with van der Waals surface area (Å²) in [6.45, 7) is 5.42. The molecular weight excluding hydrogens is 244 g/mol. The van der Waals surface area contributed by atoms with Crippen LogP contribution >= 0.6 is 11.9 Å². The SMILES string of the molecule is CC(C)SNCCCCC(O)NC1CCCCC1. The predicted molar refractivity (Wildman–Crippen MR) is 80.6 cm³/mol. The summed E-state index contributed by atoms with van der Waals surface area (Å²) in [5, 5.41) is 13.9. The van der Waals surface area contributed by atoms with E-state index in [0.717, 1.165) is 25.8 Å². The first kappa shape index (κ1) is 16.3. The smallest absolute Gasteiger partial charge is 0.105 e. The van der Waals surface area contributed by atoms with E-state index in [-0.39, 0.29) is 6.23 Å². The first-order valence-electron chi connectivity index (χ1n) is 7.51. The summed E-state index contributed by atoms with van der Waals surface area (Å²) in [5.74, 6) is 0. The van der Waals surface area contributed by atoms with Gasteiger partial charge in [-0.2, -0.15) is 0 Å². The van der Waals surface area contributed by atoms with Gasteiger partial charge >= 0.3 is 0 Å². The third kappa shape index (κ3) is 8.35. The maximum absolute atomic E-state index is 9.91. The van der Waals surface area contributed by atoms with Gasteiger partial charge in [-0.15, -0.1) is 0 Å². The number of hydrogen-bond acceptors (Lipinski definition) is 4. The highest BCUT2D eigenvalue weighted by Crippen LogP contribution is 2.18. The molecule has 0 aromatic carbocycles. The van der Waals surface area contributed by atoms with Crippen LogP contribution in [0.4, 0.5) is 0 Å². The summed E-state index contributed by atoms with van der Waals surface area (Å²) >= 11 is 1.79. The third-order valence-electron chi connectivity index (χ3n) is 3.36. The molecule has 0 saturated heterocycles. The van der Waals surface area contributed by atoms with Crippen molar-refractivity contribution in [3.8, 4) is 0 Å². The minimum Gasteiger partial charge on any atom is -0.379 e. The molecule has 0 bridgehead atoms. The molecule has 1 unspecified atom stereocenters. The van der Waals surface area contributed by atoms with Gasteiger partial charge in [0.25, 0.3) is 0 Å². The van der Waals surface area contributed by atoms with Crippen molar-refractivity contribution in [3.63, 3.8) is 0 Å². The zero-order valence-electron chi connectivity index (χ0n) is 12.0. The molecule has 1 saturated carbocycles. The highest BCUT2D eigenvalue weighted by molar-refractivity contribution is 7.97. The highest BCUT2D eigenvalue weighted by atomic mass is 32.2. The molecule has 3 N–H and O–H groups in total. The Morgan fingerprint density at radius 3 is 2.56 bits per heavy atom. The van der Waals surface area contributed by atoms with E-state index in [4.69, 9.17) is 0 Å². The van der Waals surface area contributed by atoms with E-state index >= 15 is 0 Å². The van der Waals surface area contributed by atoms with Crippen molar-refractivity contribution in [1.29, 1.82) is 0 Å². The third-order valence-corrected chi connectivity index (χ3v) is 4.20. The molecule has 108 valence electrons. The van der Waals surface area contributed by atoms with E-state index in [1.165, 1.54) is 32.1 Å². The van der Waals surface area contributed by atoms with Crippen LogP contribution in [0.2, 0.25) is 0 Å². The Kier molecular flexibility index (Phi) is 9.11. The summed E-state index contributed by atoms with van der Waals surface area (Å²) < 4.78 is 3.35. The first-order chi connectivity index (χ1) is 8.68. The van der Waals surface area contributed by atoms with Gasteiger partial charge in [-0.3, -0.25) is 10.0 Å². The van der Waals surface area contributed by atoms with Gasteiger partial charge in [-0.1, -0.05) is 45.1 Å². The predicted octanol–water partition coefficient (Wildman–Crippen LogP) is 3.04. The number of hydrogen-bond donors (Lipinski definition) is 3. The fourth-order valence-electron chi connectivity index (χ4n) is 2.39. The van der Waals surface area contributed by atoms with Crippen LogP contribution in [0.3, 0.4) is 0 Å². The van der Waals surface area contributed by atoms with Crippen molar-refractivity contribution < 1.29 is 5.11 Å². The molecule has 4 heteroatoms. The van der Waals surface area contributed by atoms with Gasteiger partial charge in [-0.05, 0) is 32.1 Å². The average molecular weight is 274 g/mol. The van der Waals surface area contributed by atoms with Crippen LogP contribution in [-0.2, 0) is 0 Å². The molecule has 0 amide bonds. The second-order valence-corrected chi connectivity index (χ2v) is 7.04. The molecule has 3 nitrogen and oxygen atoms in total. The standard InChI is InChI=1S/C14H30N2OS/c1-12(2)18-15-11-7-6-10-14(17)16-13-8-4-3-5-9-13/h12-17H,3-11H2,1-2H3. The fraction of sp³-hybridized carbons (Fsp3) is 1.00. The first-order valence-corrected chi connectivity index (χ1v) is 8.39. The number of unbranched alkanes of at least 4 members (excludes halogenated alkanes) is 1. The summed E-state index contributed by atoms with van der Waals surface area (Å²) in [4.78, 5) is 0. The van der Waals surface area contributed by atoms with Gasteiger partial charge in [-0.25, -0.2) is 0 Å². The Morgan fingerprint density at radius 1 is 1.17 bits per heavy atom. The van der Waals surface area contributed by atoms with E-state index in [9.17, 15) is 5.11 Å². The molecule has 0 aromatic heterocycles. The Bertz CT molecular complexity index is 196. The summed E-state index contributed by atoms with van der Waals surface area (Å²) in [7, 11) is 0. The van der Waals surface area contributed by atoms with Gasteiger partial charge < -0.3 is 5.11 Å². The molecular formula is C14H30N2OS. The van der Waals surface area contributed by atoms with Gasteiger partial charge in [0.1, 0.15) is 6.23 Å². The molecule has 0 aromatic rings. The second kappa shape index (κ2) is 10.1. The largest absolute Gasteiger partial charge is 0.379 e. The van der Waals surface area contributed by atoms with Crippen LogP contribution in [0, 0.1) is 0 Å². The van der Waals surface area contributed by atoms with E-state index in [0.29, 0.717) is 11.3 Å². The van der Waals surface area contributed by atoms with Crippen molar-refractivity contribution in [2.24, 2.45) is 0 Å². The molecule has 1 rings (SSSR count). The van der Waals surface area contributed by atoms with Gasteiger partial charge in [0.05, 0.1) is 0 Å².